The van der Waals surface area contributed by atoms with E-state index in [2.05, 4.69) is 0 Å². The minimum Gasteiger partial charge on any atom is -0.493 e. The molecule has 0 unspecified atom stereocenters. The van der Waals surface area contributed by atoms with E-state index in [1.807, 2.05) is 42.5 Å². The van der Waals surface area contributed by atoms with Gasteiger partial charge < -0.3 is 19.9 Å². The van der Waals surface area contributed by atoms with Gasteiger partial charge in [0.1, 0.15) is 12.4 Å². The quantitative estimate of drug-likeness (QED) is 0.832. The highest BCUT2D eigenvalue weighted by Gasteiger charge is 2.29. The van der Waals surface area contributed by atoms with Crippen molar-refractivity contribution in [2.75, 3.05) is 14.2 Å². The van der Waals surface area contributed by atoms with Gasteiger partial charge in [-0.1, -0.05) is 36.8 Å². The monoisotopic (exact) mass is 327 g/mol. The second kappa shape index (κ2) is 7.58. The first-order valence-corrected chi connectivity index (χ1v) is 8.41. The van der Waals surface area contributed by atoms with Gasteiger partial charge in [-0.2, -0.15) is 0 Å². The van der Waals surface area contributed by atoms with Crippen LogP contribution in [0.5, 0.6) is 17.2 Å². The van der Waals surface area contributed by atoms with Crippen LogP contribution in [-0.2, 0) is 6.61 Å². The Morgan fingerprint density at radius 3 is 2.25 bits per heavy atom. The fourth-order valence-electron chi connectivity index (χ4n) is 3.05. The zero-order valence-corrected chi connectivity index (χ0v) is 14.3. The molecule has 0 aromatic heterocycles. The molecule has 1 fully saturated rings. The normalized spacial score (nSPS) is 15.5. The summed E-state index contributed by atoms with van der Waals surface area (Å²) in [5.41, 5.74) is 8.62. The summed E-state index contributed by atoms with van der Waals surface area (Å²) in [5.74, 6) is 2.64. The minimum atomic E-state index is -0.0377. The lowest BCUT2D eigenvalue weighted by Crippen LogP contribution is -2.27. The summed E-state index contributed by atoms with van der Waals surface area (Å²) in [6.07, 6.45) is 3.60. The second-order valence-corrected chi connectivity index (χ2v) is 6.24. The Labute approximate surface area is 143 Å². The van der Waals surface area contributed by atoms with E-state index in [4.69, 9.17) is 19.9 Å². The third kappa shape index (κ3) is 3.49. The Balaban J connectivity index is 1.88. The molecular formula is C20H25NO3. The molecule has 1 atom stereocenters. The van der Waals surface area contributed by atoms with Crippen LogP contribution < -0.4 is 19.9 Å². The van der Waals surface area contributed by atoms with E-state index >= 15 is 0 Å². The smallest absolute Gasteiger partial charge is 0.164 e. The van der Waals surface area contributed by atoms with E-state index in [1.165, 1.54) is 19.3 Å². The van der Waals surface area contributed by atoms with Crippen molar-refractivity contribution in [3.05, 3.63) is 53.6 Å². The third-order valence-electron chi connectivity index (χ3n) is 4.77. The molecule has 0 bridgehead atoms. The van der Waals surface area contributed by atoms with Crippen LogP contribution in [0.25, 0.3) is 0 Å². The fourth-order valence-corrected chi connectivity index (χ4v) is 3.05. The number of benzene rings is 2. The van der Waals surface area contributed by atoms with E-state index in [9.17, 15) is 0 Å². The highest BCUT2D eigenvalue weighted by Crippen LogP contribution is 2.43. The summed E-state index contributed by atoms with van der Waals surface area (Å²) < 4.78 is 16.9. The van der Waals surface area contributed by atoms with E-state index in [-0.39, 0.29) is 6.04 Å². The van der Waals surface area contributed by atoms with Crippen molar-refractivity contribution < 1.29 is 14.2 Å². The lowest BCUT2D eigenvalue weighted by molar-refractivity contribution is 0.249. The molecule has 0 amide bonds. The second-order valence-electron chi connectivity index (χ2n) is 6.24. The predicted octanol–water partition coefficient (Wildman–Crippen LogP) is 4.08. The first-order valence-electron chi connectivity index (χ1n) is 8.41. The molecule has 4 nitrogen and oxygen atoms in total. The third-order valence-corrected chi connectivity index (χ3v) is 4.77. The molecule has 2 aromatic carbocycles. The van der Waals surface area contributed by atoms with E-state index in [1.54, 1.807) is 14.2 Å². The Morgan fingerprint density at radius 1 is 1.00 bits per heavy atom. The number of hydrogen-bond donors (Lipinski definition) is 1. The highest BCUT2D eigenvalue weighted by molar-refractivity contribution is 5.52. The molecule has 1 aliphatic rings. The predicted molar refractivity (Wildman–Crippen MR) is 94.6 cm³/mol. The van der Waals surface area contributed by atoms with Crippen LogP contribution in [0.2, 0.25) is 0 Å². The van der Waals surface area contributed by atoms with Gasteiger partial charge in [0.2, 0.25) is 0 Å². The lowest BCUT2D eigenvalue weighted by Gasteiger charge is -2.32. The van der Waals surface area contributed by atoms with Crippen LogP contribution in [-0.4, -0.2) is 14.2 Å². The molecule has 0 aliphatic heterocycles. The number of rotatable bonds is 7. The van der Waals surface area contributed by atoms with Gasteiger partial charge in [0.25, 0.3) is 0 Å². The van der Waals surface area contributed by atoms with Crippen LogP contribution in [0.4, 0.5) is 0 Å². The molecule has 1 aliphatic carbocycles. The number of nitrogens with two attached hydrogens (primary N) is 1. The molecule has 0 radical (unpaired) electrons. The SMILES string of the molecule is COc1cc(OCc2ccccc2)c([C@@H](N)C2CCC2)cc1OC. The summed E-state index contributed by atoms with van der Waals surface area (Å²) in [4.78, 5) is 0. The van der Waals surface area contributed by atoms with Crippen molar-refractivity contribution in [3.8, 4) is 17.2 Å². The number of methoxy groups -OCH3 is 2. The minimum absolute atomic E-state index is 0.0377. The molecule has 0 saturated heterocycles. The Kier molecular flexibility index (Phi) is 5.26. The molecule has 4 heteroatoms. The average molecular weight is 327 g/mol. The maximum absolute atomic E-state index is 6.51. The topological polar surface area (TPSA) is 53.7 Å². The van der Waals surface area contributed by atoms with Crippen LogP contribution >= 0.6 is 0 Å². The van der Waals surface area contributed by atoms with Crippen molar-refractivity contribution in [2.24, 2.45) is 11.7 Å². The van der Waals surface area contributed by atoms with Gasteiger partial charge in [-0.05, 0) is 30.4 Å². The summed E-state index contributed by atoms with van der Waals surface area (Å²) in [5, 5.41) is 0. The van der Waals surface area contributed by atoms with Crippen LogP contribution in [0.15, 0.2) is 42.5 Å². The van der Waals surface area contributed by atoms with Crippen LogP contribution in [0, 0.1) is 5.92 Å². The Hall–Kier alpha value is -2.20. The molecule has 2 N–H and O–H groups in total. The van der Waals surface area contributed by atoms with Crippen molar-refractivity contribution in [2.45, 2.75) is 31.9 Å². The Morgan fingerprint density at radius 2 is 1.67 bits per heavy atom. The first-order chi connectivity index (χ1) is 11.7. The van der Waals surface area contributed by atoms with Crippen LogP contribution in [0.3, 0.4) is 0 Å². The summed E-state index contributed by atoms with van der Waals surface area (Å²) in [6, 6.07) is 13.9. The maximum Gasteiger partial charge on any atom is 0.164 e. The molecule has 3 rings (SSSR count). The van der Waals surface area contributed by atoms with Gasteiger partial charge in [-0.25, -0.2) is 0 Å². The van der Waals surface area contributed by atoms with Gasteiger partial charge in [0.05, 0.1) is 14.2 Å². The zero-order chi connectivity index (χ0) is 16.9. The molecule has 128 valence electrons. The number of hydrogen-bond acceptors (Lipinski definition) is 4. The van der Waals surface area contributed by atoms with Crippen molar-refractivity contribution in [1.82, 2.24) is 0 Å². The van der Waals surface area contributed by atoms with Gasteiger partial charge >= 0.3 is 0 Å². The van der Waals surface area contributed by atoms with Crippen molar-refractivity contribution in [1.29, 1.82) is 0 Å². The summed E-state index contributed by atoms with van der Waals surface area (Å²) in [6.45, 7) is 0.501. The lowest BCUT2D eigenvalue weighted by atomic mass is 9.77. The van der Waals surface area contributed by atoms with Gasteiger partial charge in [0.15, 0.2) is 11.5 Å². The Bertz CT molecular complexity index is 668. The molecule has 0 heterocycles. The highest BCUT2D eigenvalue weighted by atomic mass is 16.5. The molecule has 1 saturated carbocycles. The first kappa shape index (κ1) is 16.7. The largest absolute Gasteiger partial charge is 0.493 e. The van der Waals surface area contributed by atoms with E-state index in [0.717, 1.165) is 16.9 Å². The summed E-state index contributed by atoms with van der Waals surface area (Å²) in [7, 11) is 3.27. The van der Waals surface area contributed by atoms with Gasteiger partial charge in [-0.15, -0.1) is 0 Å². The van der Waals surface area contributed by atoms with Gasteiger partial charge in [0, 0.05) is 17.7 Å². The average Bonchev–Trinajstić information content (AvgIpc) is 2.58. The fraction of sp³-hybridized carbons (Fsp3) is 0.400. The standard InChI is InChI=1S/C20H25NO3/c1-22-18-11-16(20(21)15-9-6-10-15)17(12-19(18)23-2)24-13-14-7-4-3-5-8-14/h3-5,7-8,11-12,15,20H,6,9-10,13,21H2,1-2H3/t20-/m0/s1. The molecule has 24 heavy (non-hydrogen) atoms. The molecular weight excluding hydrogens is 302 g/mol. The van der Waals surface area contributed by atoms with E-state index in [0.29, 0.717) is 24.0 Å². The van der Waals surface area contributed by atoms with Crippen molar-refractivity contribution >= 4 is 0 Å². The van der Waals surface area contributed by atoms with Gasteiger partial charge in [-0.3, -0.25) is 0 Å². The molecule has 0 spiro atoms. The number of ether oxygens (including phenoxy) is 3. The molecule has 2 aromatic rings. The van der Waals surface area contributed by atoms with E-state index < -0.39 is 0 Å². The van der Waals surface area contributed by atoms with Crippen molar-refractivity contribution in [3.63, 3.8) is 0 Å². The maximum atomic E-state index is 6.51. The summed E-state index contributed by atoms with van der Waals surface area (Å²) >= 11 is 0. The zero-order valence-electron chi connectivity index (χ0n) is 14.3. The van der Waals surface area contributed by atoms with Crippen LogP contribution in [0.1, 0.15) is 36.4 Å².